The van der Waals surface area contributed by atoms with Crippen molar-refractivity contribution in [3.05, 3.63) is 70.1 Å². The molecule has 0 fully saturated rings. The molecule has 0 aromatic heterocycles. The number of amides is 1. The third-order valence-corrected chi connectivity index (χ3v) is 5.88. The second kappa shape index (κ2) is 9.02. The molecule has 0 spiro atoms. The Morgan fingerprint density at radius 1 is 1.03 bits per heavy atom. The predicted octanol–water partition coefficient (Wildman–Crippen LogP) is 4.97. The van der Waals surface area contributed by atoms with E-state index in [0.717, 1.165) is 45.2 Å². The molecule has 4 rings (SSSR count). The summed E-state index contributed by atoms with van der Waals surface area (Å²) in [4.78, 5) is 28.5. The number of primary amides is 1. The van der Waals surface area contributed by atoms with Gasteiger partial charge < -0.3 is 20.6 Å². The minimum Gasteiger partial charge on any atom is -0.478 e. The number of carbonyl (C=O) groups excluding carboxylic acids is 1. The van der Waals surface area contributed by atoms with Crippen LogP contribution in [0.3, 0.4) is 0 Å². The van der Waals surface area contributed by atoms with Gasteiger partial charge in [-0.2, -0.15) is 0 Å². The number of carbonyl (C=O) groups is 2. The standard InChI is InChI=1S/C27H27N3O4/c1-5-29-21-12-23-19(9-14(21)3)25(17-8-7-16(26(28)31)11-18(17)27(32)33)20-10-15(4)22(30-6-2)13-24(20)34-23/h7-13,29H,5-6H2,1-4H3,(H2,28,31)(H,32,33). The van der Waals surface area contributed by atoms with E-state index >= 15 is 0 Å². The van der Waals surface area contributed by atoms with Gasteiger partial charge in [0.15, 0.2) is 0 Å². The van der Waals surface area contributed by atoms with Gasteiger partial charge in [-0.25, -0.2) is 4.79 Å². The maximum atomic E-state index is 12.3. The molecule has 0 unspecified atom stereocenters. The summed E-state index contributed by atoms with van der Waals surface area (Å²) >= 11 is 0. The minimum atomic E-state index is -1.14. The number of nitrogens with one attached hydrogen (secondary N) is 1. The van der Waals surface area contributed by atoms with E-state index in [9.17, 15) is 14.7 Å². The van der Waals surface area contributed by atoms with E-state index in [1.807, 2.05) is 52.0 Å². The van der Waals surface area contributed by atoms with Crippen molar-refractivity contribution in [1.82, 2.24) is 0 Å². The van der Waals surface area contributed by atoms with Crippen LogP contribution in [0.1, 0.15) is 45.7 Å². The second-order valence-electron chi connectivity index (χ2n) is 8.21. The van der Waals surface area contributed by atoms with Gasteiger partial charge in [-0.1, -0.05) is 6.07 Å². The van der Waals surface area contributed by atoms with Crippen molar-refractivity contribution in [1.29, 1.82) is 0 Å². The fourth-order valence-corrected chi connectivity index (χ4v) is 4.29. The Balaban J connectivity index is 2.19. The zero-order valence-corrected chi connectivity index (χ0v) is 19.7. The number of aryl methyl sites for hydroxylation is 2. The van der Waals surface area contributed by atoms with Crippen LogP contribution in [0.4, 0.5) is 5.69 Å². The molecule has 2 aromatic rings. The van der Waals surface area contributed by atoms with Crippen molar-refractivity contribution < 1.29 is 19.1 Å². The normalized spacial score (nSPS) is 11.8. The van der Waals surface area contributed by atoms with Crippen molar-refractivity contribution in [2.75, 3.05) is 18.4 Å². The Hall–Kier alpha value is -4.13. The summed E-state index contributed by atoms with van der Waals surface area (Å²) in [5.41, 5.74) is 11.1. The number of carboxylic acid groups (broad SMARTS) is 1. The highest BCUT2D eigenvalue weighted by Gasteiger charge is 2.23. The van der Waals surface area contributed by atoms with E-state index in [1.165, 1.54) is 6.07 Å². The molecule has 0 atom stereocenters. The number of nitrogens with two attached hydrogens (primary N) is 1. The van der Waals surface area contributed by atoms with Crippen molar-refractivity contribution in [3.63, 3.8) is 0 Å². The average molecular weight is 458 g/mol. The maximum Gasteiger partial charge on any atom is 0.336 e. The van der Waals surface area contributed by atoms with E-state index in [4.69, 9.17) is 10.2 Å². The lowest BCUT2D eigenvalue weighted by atomic mass is 9.88. The summed E-state index contributed by atoms with van der Waals surface area (Å²) < 4.78 is 6.33. The highest BCUT2D eigenvalue weighted by Crippen LogP contribution is 2.43. The first-order valence-electron chi connectivity index (χ1n) is 11.2. The molecule has 174 valence electrons. The number of carboxylic acids is 1. The molecular formula is C27H27N3O4. The number of rotatable bonds is 6. The Kier molecular flexibility index (Phi) is 6.11. The Bertz CT molecular complexity index is 1480. The van der Waals surface area contributed by atoms with Gasteiger partial charge in [-0.3, -0.25) is 9.79 Å². The van der Waals surface area contributed by atoms with Gasteiger partial charge in [0.05, 0.1) is 10.9 Å². The summed E-state index contributed by atoms with van der Waals surface area (Å²) in [6, 6.07) is 12.3. The van der Waals surface area contributed by atoms with Crippen molar-refractivity contribution in [2.45, 2.75) is 27.7 Å². The Morgan fingerprint density at radius 2 is 1.79 bits per heavy atom. The highest BCUT2D eigenvalue weighted by molar-refractivity contribution is 6.09. The molecule has 1 aliphatic heterocycles. The van der Waals surface area contributed by atoms with Gasteiger partial charge in [0.25, 0.3) is 0 Å². The smallest absolute Gasteiger partial charge is 0.336 e. The minimum absolute atomic E-state index is 0.00140. The number of fused-ring (bicyclic) bond motifs is 2. The first kappa shape index (κ1) is 23.0. The molecule has 0 radical (unpaired) electrons. The molecule has 4 N–H and O–H groups in total. The number of aromatic carboxylic acids is 1. The molecule has 34 heavy (non-hydrogen) atoms. The second-order valence-corrected chi connectivity index (χ2v) is 8.21. The first-order valence-corrected chi connectivity index (χ1v) is 11.2. The number of hydrogen-bond donors (Lipinski definition) is 3. The zero-order valence-electron chi connectivity index (χ0n) is 19.7. The fraction of sp³-hybridized carbons (Fsp3) is 0.222. The lowest BCUT2D eigenvalue weighted by Crippen LogP contribution is -2.13. The lowest BCUT2D eigenvalue weighted by Gasteiger charge is -2.19. The van der Waals surface area contributed by atoms with E-state index < -0.39 is 11.9 Å². The quantitative estimate of drug-likeness (QED) is 0.353. The van der Waals surface area contributed by atoms with Gasteiger partial charge >= 0.3 is 5.97 Å². The lowest BCUT2D eigenvalue weighted by molar-refractivity contribution is 0.0697. The molecule has 1 amide bonds. The first-order chi connectivity index (χ1) is 16.2. The van der Waals surface area contributed by atoms with Crippen LogP contribution in [0.15, 0.2) is 51.9 Å². The van der Waals surface area contributed by atoms with Crippen LogP contribution in [0, 0.1) is 13.8 Å². The third-order valence-electron chi connectivity index (χ3n) is 5.88. The molecule has 0 saturated carbocycles. The predicted molar refractivity (Wildman–Crippen MR) is 133 cm³/mol. The van der Waals surface area contributed by atoms with Gasteiger partial charge in [0.2, 0.25) is 5.91 Å². The van der Waals surface area contributed by atoms with E-state index in [-0.39, 0.29) is 11.1 Å². The van der Waals surface area contributed by atoms with Crippen LogP contribution in [-0.4, -0.2) is 30.1 Å². The molecule has 7 heteroatoms. The van der Waals surface area contributed by atoms with E-state index in [0.29, 0.717) is 23.5 Å². The zero-order chi connectivity index (χ0) is 24.6. The Morgan fingerprint density at radius 3 is 2.44 bits per heavy atom. The average Bonchev–Trinajstić information content (AvgIpc) is 2.79. The topological polar surface area (TPSA) is 118 Å². The molecule has 7 nitrogen and oxygen atoms in total. The van der Waals surface area contributed by atoms with Crippen LogP contribution in [0.25, 0.3) is 33.4 Å². The molecule has 1 aliphatic carbocycles. The number of anilines is 1. The fourth-order valence-electron chi connectivity index (χ4n) is 4.29. The number of nitrogens with zero attached hydrogens (tertiary/aromatic N) is 1. The monoisotopic (exact) mass is 457 g/mol. The van der Waals surface area contributed by atoms with Crippen molar-refractivity contribution in [2.24, 2.45) is 10.7 Å². The molecule has 1 heterocycles. The molecule has 0 saturated heterocycles. The summed E-state index contributed by atoms with van der Waals surface area (Å²) in [5, 5.41) is 15.0. The summed E-state index contributed by atoms with van der Waals surface area (Å²) in [5.74, 6) is -1.22. The highest BCUT2D eigenvalue weighted by atomic mass is 16.4. The molecule has 2 aliphatic rings. The molecular weight excluding hydrogens is 430 g/mol. The van der Waals surface area contributed by atoms with Crippen molar-refractivity contribution >= 4 is 28.5 Å². The number of benzene rings is 3. The van der Waals surface area contributed by atoms with Crippen LogP contribution < -0.4 is 16.4 Å². The summed E-state index contributed by atoms with van der Waals surface area (Å²) in [7, 11) is 0. The van der Waals surface area contributed by atoms with Crippen molar-refractivity contribution in [3.8, 4) is 22.5 Å². The van der Waals surface area contributed by atoms with E-state index in [1.54, 1.807) is 12.1 Å². The maximum absolute atomic E-state index is 12.3. The summed E-state index contributed by atoms with van der Waals surface area (Å²) in [6.45, 7) is 9.34. The van der Waals surface area contributed by atoms with Gasteiger partial charge in [0, 0.05) is 53.0 Å². The SMILES string of the molecule is CCN=c1cc2oc3cc(NCC)c(C)cc3c(-c3ccc(C(N)=O)cc3C(=O)O)c-2cc1C. The van der Waals surface area contributed by atoms with Crippen LogP contribution >= 0.6 is 0 Å². The van der Waals surface area contributed by atoms with Gasteiger partial charge in [-0.05, 0) is 68.7 Å². The van der Waals surface area contributed by atoms with Gasteiger partial charge in [0.1, 0.15) is 11.3 Å². The van der Waals surface area contributed by atoms with Crippen LogP contribution in [-0.2, 0) is 0 Å². The summed E-state index contributed by atoms with van der Waals surface area (Å²) in [6.07, 6.45) is 0. The molecule has 2 aromatic carbocycles. The number of hydrogen-bond acceptors (Lipinski definition) is 5. The van der Waals surface area contributed by atoms with Crippen LogP contribution in [0.2, 0.25) is 0 Å². The Labute approximate surface area is 197 Å². The van der Waals surface area contributed by atoms with E-state index in [2.05, 4.69) is 10.3 Å². The third kappa shape index (κ3) is 4.01. The largest absolute Gasteiger partial charge is 0.478 e. The van der Waals surface area contributed by atoms with Gasteiger partial charge in [-0.15, -0.1) is 0 Å². The van der Waals surface area contributed by atoms with Crippen LogP contribution in [0.5, 0.6) is 0 Å². The molecule has 0 bridgehead atoms.